The van der Waals surface area contributed by atoms with Gasteiger partial charge in [-0.05, 0) is 37.1 Å². The Bertz CT molecular complexity index is 1050. The predicted molar refractivity (Wildman–Crippen MR) is 115 cm³/mol. The summed E-state index contributed by atoms with van der Waals surface area (Å²) in [5.41, 5.74) is 1.37. The van der Waals surface area contributed by atoms with E-state index in [9.17, 15) is 8.42 Å². The molecule has 1 aliphatic rings. The minimum atomic E-state index is -3.56. The molecular formula is C22H27N5O2S. The molecule has 0 amide bonds. The Morgan fingerprint density at radius 2 is 1.63 bits per heavy atom. The molecule has 1 aromatic heterocycles. The number of hydrogen-bond donors (Lipinski definition) is 1. The number of aromatic nitrogens is 3. The van der Waals surface area contributed by atoms with Crippen molar-refractivity contribution in [1.82, 2.24) is 24.4 Å². The average molecular weight is 426 g/mol. The Labute approximate surface area is 177 Å². The first-order valence-electron chi connectivity index (χ1n) is 10.3. The summed E-state index contributed by atoms with van der Waals surface area (Å²) >= 11 is 0. The van der Waals surface area contributed by atoms with E-state index in [0.29, 0.717) is 5.82 Å². The van der Waals surface area contributed by atoms with Crippen LogP contribution in [-0.2, 0) is 36.0 Å². The molecule has 0 unspecified atom stereocenters. The van der Waals surface area contributed by atoms with E-state index in [2.05, 4.69) is 48.7 Å². The van der Waals surface area contributed by atoms with E-state index in [4.69, 9.17) is 0 Å². The molecule has 0 radical (unpaired) electrons. The number of fused-ring (bicyclic) bond motifs is 1. The lowest BCUT2D eigenvalue weighted by molar-refractivity contribution is 0.275. The fraction of sp³-hybridized carbons (Fsp3) is 0.364. The number of benzene rings is 2. The van der Waals surface area contributed by atoms with E-state index < -0.39 is 10.0 Å². The van der Waals surface area contributed by atoms with Gasteiger partial charge in [0.2, 0.25) is 10.0 Å². The number of nitrogens with zero attached hydrogens (tertiary/aromatic N) is 4. The van der Waals surface area contributed by atoms with Crippen molar-refractivity contribution < 1.29 is 8.42 Å². The van der Waals surface area contributed by atoms with Gasteiger partial charge in [0.05, 0.1) is 11.4 Å². The molecule has 0 aliphatic carbocycles. The van der Waals surface area contributed by atoms with Gasteiger partial charge < -0.3 is 9.47 Å². The van der Waals surface area contributed by atoms with Gasteiger partial charge in [-0.3, -0.25) is 0 Å². The van der Waals surface area contributed by atoms with Crippen molar-refractivity contribution in [2.24, 2.45) is 0 Å². The van der Waals surface area contributed by atoms with Crippen molar-refractivity contribution in [3.8, 4) is 0 Å². The Kier molecular flexibility index (Phi) is 6.56. The van der Waals surface area contributed by atoms with Crippen molar-refractivity contribution in [3.63, 3.8) is 0 Å². The number of hydrogen-bond acceptors (Lipinski definition) is 5. The van der Waals surface area contributed by atoms with Crippen molar-refractivity contribution in [3.05, 3.63) is 77.9 Å². The average Bonchev–Trinajstić information content (AvgIpc) is 3.05. The first-order chi connectivity index (χ1) is 14.6. The Morgan fingerprint density at radius 3 is 2.40 bits per heavy atom. The van der Waals surface area contributed by atoms with Crippen LogP contribution in [0.25, 0.3) is 0 Å². The van der Waals surface area contributed by atoms with Crippen LogP contribution in [0.5, 0.6) is 0 Å². The lowest BCUT2D eigenvalue weighted by atomic mass is 10.1. The van der Waals surface area contributed by atoms with Gasteiger partial charge in [-0.2, -0.15) is 0 Å². The standard InChI is InChI=1S/C22H27N5O2S/c28-30(29,20-11-5-2-6-12-20)23-18-22-25-24-21-13-15-26(16-17-27(21)22)14-7-10-19-8-3-1-4-9-19/h1-6,8-9,11-12,23H,7,10,13-18H2. The van der Waals surface area contributed by atoms with Gasteiger partial charge in [-0.25, -0.2) is 13.1 Å². The molecule has 0 bridgehead atoms. The molecule has 2 heterocycles. The van der Waals surface area contributed by atoms with Crippen LogP contribution in [0.4, 0.5) is 0 Å². The van der Waals surface area contributed by atoms with Crippen LogP contribution in [0.2, 0.25) is 0 Å². The van der Waals surface area contributed by atoms with Crippen molar-refractivity contribution in [2.75, 3.05) is 19.6 Å². The molecule has 7 nitrogen and oxygen atoms in total. The van der Waals surface area contributed by atoms with Crippen molar-refractivity contribution in [1.29, 1.82) is 0 Å². The fourth-order valence-corrected chi connectivity index (χ4v) is 4.78. The summed E-state index contributed by atoms with van der Waals surface area (Å²) in [6.45, 7) is 3.82. The van der Waals surface area contributed by atoms with Gasteiger partial charge in [0, 0.05) is 26.1 Å². The number of aryl methyl sites for hydroxylation is 1. The normalized spacial score (nSPS) is 14.9. The van der Waals surface area contributed by atoms with Gasteiger partial charge >= 0.3 is 0 Å². The van der Waals surface area contributed by atoms with E-state index >= 15 is 0 Å². The summed E-state index contributed by atoms with van der Waals surface area (Å²) in [6, 6.07) is 18.9. The highest BCUT2D eigenvalue weighted by molar-refractivity contribution is 7.89. The zero-order valence-corrected chi connectivity index (χ0v) is 17.8. The molecule has 30 heavy (non-hydrogen) atoms. The number of nitrogens with one attached hydrogen (secondary N) is 1. The molecule has 3 aromatic rings. The summed E-state index contributed by atoms with van der Waals surface area (Å²) in [5.74, 6) is 1.59. The molecular weight excluding hydrogens is 398 g/mol. The monoisotopic (exact) mass is 425 g/mol. The molecule has 2 aromatic carbocycles. The quantitative estimate of drug-likeness (QED) is 0.599. The second kappa shape index (κ2) is 9.51. The zero-order valence-electron chi connectivity index (χ0n) is 16.9. The summed E-state index contributed by atoms with van der Waals surface area (Å²) in [4.78, 5) is 2.71. The Morgan fingerprint density at radius 1 is 0.900 bits per heavy atom. The van der Waals surface area contributed by atoms with Gasteiger partial charge in [0.15, 0.2) is 0 Å². The van der Waals surface area contributed by atoms with Crippen LogP contribution in [0, 0.1) is 0 Å². The van der Waals surface area contributed by atoms with Crippen molar-refractivity contribution in [2.45, 2.75) is 37.2 Å². The van der Waals surface area contributed by atoms with Crippen LogP contribution in [0.15, 0.2) is 65.6 Å². The maximum absolute atomic E-state index is 12.5. The van der Waals surface area contributed by atoms with E-state index in [0.717, 1.165) is 51.3 Å². The highest BCUT2D eigenvalue weighted by Crippen LogP contribution is 2.13. The van der Waals surface area contributed by atoms with Crippen LogP contribution >= 0.6 is 0 Å². The fourth-order valence-electron chi connectivity index (χ4n) is 3.78. The van der Waals surface area contributed by atoms with Gasteiger partial charge in [-0.1, -0.05) is 48.5 Å². The first kappa shape index (κ1) is 20.7. The largest absolute Gasteiger partial charge is 0.313 e. The summed E-state index contributed by atoms with van der Waals surface area (Å²) < 4.78 is 29.7. The van der Waals surface area contributed by atoms with Gasteiger partial charge in [0.25, 0.3) is 0 Å². The molecule has 4 rings (SSSR count). The van der Waals surface area contributed by atoms with Gasteiger partial charge in [0.1, 0.15) is 11.6 Å². The van der Waals surface area contributed by atoms with E-state index in [-0.39, 0.29) is 11.4 Å². The Hall–Kier alpha value is -2.55. The predicted octanol–water partition coefficient (Wildman–Crippen LogP) is 2.25. The molecule has 0 atom stereocenters. The molecule has 8 heteroatoms. The van der Waals surface area contributed by atoms with Crippen LogP contribution in [0.1, 0.15) is 23.6 Å². The smallest absolute Gasteiger partial charge is 0.240 e. The maximum Gasteiger partial charge on any atom is 0.240 e. The second-order valence-corrected chi connectivity index (χ2v) is 9.27. The Balaban J connectivity index is 1.31. The third kappa shape index (κ3) is 5.13. The number of rotatable bonds is 8. The highest BCUT2D eigenvalue weighted by atomic mass is 32.2. The molecule has 1 aliphatic heterocycles. The molecule has 158 valence electrons. The highest BCUT2D eigenvalue weighted by Gasteiger charge is 2.20. The molecule has 0 spiro atoms. The van der Waals surface area contributed by atoms with E-state index in [1.807, 2.05) is 6.07 Å². The topological polar surface area (TPSA) is 80.1 Å². The van der Waals surface area contributed by atoms with E-state index in [1.54, 1.807) is 30.3 Å². The van der Waals surface area contributed by atoms with Crippen LogP contribution < -0.4 is 4.72 Å². The van der Waals surface area contributed by atoms with Gasteiger partial charge in [-0.15, -0.1) is 10.2 Å². The molecule has 0 fully saturated rings. The second-order valence-electron chi connectivity index (χ2n) is 7.50. The molecule has 0 saturated heterocycles. The lowest BCUT2D eigenvalue weighted by Gasteiger charge is -2.19. The SMILES string of the molecule is O=S(=O)(NCc1nnc2n1CCN(CCCc1ccccc1)CC2)c1ccccc1. The molecule has 0 saturated carbocycles. The minimum Gasteiger partial charge on any atom is -0.313 e. The van der Waals surface area contributed by atoms with Crippen molar-refractivity contribution >= 4 is 10.0 Å². The summed E-state index contributed by atoms with van der Waals surface area (Å²) in [6.07, 6.45) is 3.02. The van der Waals surface area contributed by atoms with Crippen LogP contribution in [-0.4, -0.2) is 47.7 Å². The minimum absolute atomic E-state index is 0.137. The number of sulfonamides is 1. The lowest BCUT2D eigenvalue weighted by Crippen LogP contribution is -2.29. The van der Waals surface area contributed by atoms with E-state index in [1.165, 1.54) is 5.56 Å². The first-order valence-corrected chi connectivity index (χ1v) is 11.8. The summed E-state index contributed by atoms with van der Waals surface area (Å²) in [5, 5.41) is 8.53. The maximum atomic E-state index is 12.5. The summed E-state index contributed by atoms with van der Waals surface area (Å²) in [7, 11) is -3.56. The zero-order chi connectivity index (χ0) is 20.8. The van der Waals surface area contributed by atoms with Crippen LogP contribution in [0.3, 0.4) is 0 Å². The third-order valence-corrected chi connectivity index (χ3v) is 6.87. The molecule has 1 N–H and O–H groups in total. The third-order valence-electron chi connectivity index (χ3n) is 5.45.